The van der Waals surface area contributed by atoms with E-state index in [4.69, 9.17) is 0 Å². The van der Waals surface area contributed by atoms with Gasteiger partial charge in [0.15, 0.2) is 0 Å². The lowest BCUT2D eigenvalue weighted by molar-refractivity contribution is -0.0505. The van der Waals surface area contributed by atoms with E-state index < -0.39 is 6.23 Å². The normalized spacial score (nSPS) is 27.8. The molecule has 0 aromatic heterocycles. The molecule has 4 heteroatoms. The van der Waals surface area contributed by atoms with Crippen molar-refractivity contribution in [3.05, 3.63) is 0 Å². The molecule has 3 atom stereocenters. The van der Waals surface area contributed by atoms with Gasteiger partial charge in [-0.25, -0.2) is 0 Å². The van der Waals surface area contributed by atoms with Gasteiger partial charge in [-0.05, 0) is 52.2 Å². The molecular weight excluding hydrogens is 240 g/mol. The summed E-state index contributed by atoms with van der Waals surface area (Å²) >= 11 is 0. The zero-order chi connectivity index (χ0) is 14.3. The van der Waals surface area contributed by atoms with Gasteiger partial charge in [0.1, 0.15) is 6.23 Å². The van der Waals surface area contributed by atoms with E-state index in [0.29, 0.717) is 0 Å². The van der Waals surface area contributed by atoms with Gasteiger partial charge < -0.3 is 15.5 Å². The summed E-state index contributed by atoms with van der Waals surface area (Å²) in [5.41, 5.74) is -0.139. The molecule has 0 bridgehead atoms. The van der Waals surface area contributed by atoms with E-state index in [1.165, 1.54) is 19.3 Å². The van der Waals surface area contributed by atoms with Gasteiger partial charge in [-0.15, -0.1) is 0 Å². The third-order valence-electron chi connectivity index (χ3n) is 4.53. The number of rotatable bonds is 11. The van der Waals surface area contributed by atoms with E-state index in [-0.39, 0.29) is 11.6 Å². The molecule has 19 heavy (non-hydrogen) atoms. The molecule has 1 fully saturated rings. The Hall–Kier alpha value is -0.160. The molecule has 0 aromatic rings. The van der Waals surface area contributed by atoms with Crippen LogP contribution in [0.2, 0.25) is 0 Å². The maximum absolute atomic E-state index is 10.3. The van der Waals surface area contributed by atoms with Crippen LogP contribution in [0.5, 0.6) is 0 Å². The molecule has 2 unspecified atom stereocenters. The van der Waals surface area contributed by atoms with Crippen molar-refractivity contribution in [2.24, 2.45) is 0 Å². The fourth-order valence-corrected chi connectivity index (χ4v) is 3.13. The first kappa shape index (κ1) is 16.9. The smallest absolute Gasteiger partial charge is 0.107 e. The van der Waals surface area contributed by atoms with Gasteiger partial charge in [0.25, 0.3) is 0 Å². The first-order valence-corrected chi connectivity index (χ1v) is 7.89. The number of aliphatic hydroxyl groups is 2. The summed E-state index contributed by atoms with van der Waals surface area (Å²) in [6, 6.07) is 0. The largest absolute Gasteiger partial charge is 0.391 e. The Morgan fingerprint density at radius 3 is 2.37 bits per heavy atom. The van der Waals surface area contributed by atoms with Crippen molar-refractivity contribution in [1.29, 1.82) is 0 Å². The SMILES string of the molecule is CCN([C@H](O)CCCCCCNC)C1(CC)CC1O. The van der Waals surface area contributed by atoms with Crippen LogP contribution in [0.25, 0.3) is 0 Å². The first-order chi connectivity index (χ1) is 9.12. The Labute approximate surface area is 118 Å². The summed E-state index contributed by atoms with van der Waals surface area (Å²) in [7, 11) is 1.98. The molecule has 1 rings (SSSR count). The Kier molecular flexibility index (Phi) is 7.29. The fourth-order valence-electron chi connectivity index (χ4n) is 3.13. The van der Waals surface area contributed by atoms with E-state index in [1.807, 2.05) is 7.05 Å². The van der Waals surface area contributed by atoms with Crippen molar-refractivity contribution < 1.29 is 10.2 Å². The topological polar surface area (TPSA) is 55.7 Å². The van der Waals surface area contributed by atoms with Gasteiger partial charge in [0, 0.05) is 0 Å². The number of unbranched alkanes of at least 4 members (excludes halogenated alkanes) is 3. The van der Waals surface area contributed by atoms with Crippen LogP contribution in [-0.4, -0.2) is 53.1 Å². The van der Waals surface area contributed by atoms with Crippen molar-refractivity contribution >= 4 is 0 Å². The highest BCUT2D eigenvalue weighted by Gasteiger charge is 2.57. The maximum atomic E-state index is 10.3. The molecule has 0 aromatic carbocycles. The fraction of sp³-hybridized carbons (Fsp3) is 1.00. The highest BCUT2D eigenvalue weighted by Crippen LogP contribution is 2.45. The van der Waals surface area contributed by atoms with Gasteiger partial charge in [-0.2, -0.15) is 0 Å². The Morgan fingerprint density at radius 1 is 1.26 bits per heavy atom. The molecule has 3 N–H and O–H groups in total. The average molecular weight is 272 g/mol. The zero-order valence-corrected chi connectivity index (χ0v) is 12.9. The second-order valence-electron chi connectivity index (χ2n) is 5.75. The minimum atomic E-state index is -0.397. The molecule has 1 aliphatic rings. The van der Waals surface area contributed by atoms with E-state index in [9.17, 15) is 10.2 Å². The maximum Gasteiger partial charge on any atom is 0.107 e. The summed E-state index contributed by atoms with van der Waals surface area (Å²) < 4.78 is 0. The number of likely N-dealkylation sites (N-methyl/N-ethyl adjacent to an activating group) is 1. The molecule has 0 heterocycles. The van der Waals surface area contributed by atoms with Crippen LogP contribution in [-0.2, 0) is 0 Å². The van der Waals surface area contributed by atoms with Crippen LogP contribution in [0.15, 0.2) is 0 Å². The lowest BCUT2D eigenvalue weighted by atomic mass is 10.1. The van der Waals surface area contributed by atoms with Crippen molar-refractivity contribution in [1.82, 2.24) is 10.2 Å². The Bertz CT molecular complexity index is 246. The summed E-state index contributed by atoms with van der Waals surface area (Å²) in [6.45, 7) is 6.06. The quantitative estimate of drug-likeness (QED) is 0.396. The third-order valence-corrected chi connectivity index (χ3v) is 4.53. The third kappa shape index (κ3) is 4.42. The molecular formula is C15H32N2O2. The summed E-state index contributed by atoms with van der Waals surface area (Å²) in [6.07, 6.45) is 6.59. The summed E-state index contributed by atoms with van der Waals surface area (Å²) in [5, 5.41) is 23.3. The van der Waals surface area contributed by atoms with Crippen LogP contribution >= 0.6 is 0 Å². The van der Waals surface area contributed by atoms with Crippen molar-refractivity contribution in [3.63, 3.8) is 0 Å². The van der Waals surface area contributed by atoms with Crippen molar-refractivity contribution in [2.45, 2.75) is 76.7 Å². The molecule has 0 aliphatic heterocycles. The van der Waals surface area contributed by atoms with Gasteiger partial charge in [0.05, 0.1) is 11.6 Å². The van der Waals surface area contributed by atoms with Crippen LogP contribution in [0, 0.1) is 0 Å². The molecule has 0 spiro atoms. The lowest BCUT2D eigenvalue weighted by Gasteiger charge is -2.34. The number of hydrogen-bond acceptors (Lipinski definition) is 4. The highest BCUT2D eigenvalue weighted by molar-refractivity contribution is 5.12. The van der Waals surface area contributed by atoms with E-state index in [1.54, 1.807) is 0 Å². The molecule has 0 radical (unpaired) electrons. The van der Waals surface area contributed by atoms with Crippen LogP contribution in [0.3, 0.4) is 0 Å². The van der Waals surface area contributed by atoms with Crippen LogP contribution in [0.1, 0.15) is 58.8 Å². The van der Waals surface area contributed by atoms with Gasteiger partial charge in [-0.1, -0.05) is 26.7 Å². The number of hydrogen-bond donors (Lipinski definition) is 3. The number of aliphatic hydroxyl groups excluding tert-OH is 2. The molecule has 1 aliphatic carbocycles. The Balaban J connectivity index is 2.25. The minimum Gasteiger partial charge on any atom is -0.391 e. The van der Waals surface area contributed by atoms with Crippen molar-refractivity contribution in [2.75, 3.05) is 20.1 Å². The second-order valence-corrected chi connectivity index (χ2v) is 5.75. The number of nitrogens with zero attached hydrogens (tertiary/aromatic N) is 1. The van der Waals surface area contributed by atoms with E-state index >= 15 is 0 Å². The van der Waals surface area contributed by atoms with E-state index in [0.717, 1.165) is 38.8 Å². The highest BCUT2D eigenvalue weighted by atomic mass is 16.3. The zero-order valence-electron chi connectivity index (χ0n) is 12.9. The van der Waals surface area contributed by atoms with Gasteiger partial charge >= 0.3 is 0 Å². The monoisotopic (exact) mass is 272 g/mol. The molecule has 114 valence electrons. The standard InChI is InChI=1S/C15H32N2O2/c1-4-15(12-13(15)18)17(5-2)14(19)10-8-6-7-9-11-16-3/h13-14,16,18-19H,4-12H2,1-3H3/t13?,14-,15?/m1/s1. The predicted octanol–water partition coefficient (Wildman–Crippen LogP) is 1.71. The van der Waals surface area contributed by atoms with Crippen molar-refractivity contribution in [3.8, 4) is 0 Å². The molecule has 0 amide bonds. The minimum absolute atomic E-state index is 0.139. The first-order valence-electron chi connectivity index (χ1n) is 7.89. The molecule has 4 nitrogen and oxygen atoms in total. The average Bonchev–Trinajstić information content (AvgIpc) is 3.06. The van der Waals surface area contributed by atoms with Crippen LogP contribution < -0.4 is 5.32 Å². The van der Waals surface area contributed by atoms with Gasteiger partial charge in [0.2, 0.25) is 0 Å². The summed E-state index contributed by atoms with van der Waals surface area (Å²) in [4.78, 5) is 2.10. The summed E-state index contributed by atoms with van der Waals surface area (Å²) in [5.74, 6) is 0. The molecule has 0 saturated heterocycles. The van der Waals surface area contributed by atoms with Crippen LogP contribution in [0.4, 0.5) is 0 Å². The number of nitrogens with one attached hydrogen (secondary N) is 1. The van der Waals surface area contributed by atoms with E-state index in [2.05, 4.69) is 24.1 Å². The lowest BCUT2D eigenvalue weighted by Crippen LogP contribution is -2.46. The van der Waals surface area contributed by atoms with Gasteiger partial charge in [-0.3, -0.25) is 4.90 Å². The second kappa shape index (κ2) is 8.20. The Morgan fingerprint density at radius 2 is 1.89 bits per heavy atom. The molecule has 1 saturated carbocycles. The predicted molar refractivity (Wildman–Crippen MR) is 79.0 cm³/mol.